The molecular weight excluding hydrogens is 200 g/mol. The number of nitrogens with one attached hydrogen (secondary N) is 1. The zero-order valence-electron chi connectivity index (χ0n) is 8.82. The minimum Gasteiger partial charge on any atom is -0.327 e. The topological polar surface area (TPSA) is 56.6 Å². The van der Waals surface area contributed by atoms with Gasteiger partial charge in [-0.15, -0.1) is 0 Å². The number of pyridine rings is 1. The highest BCUT2D eigenvalue weighted by Crippen LogP contribution is 2.22. The van der Waals surface area contributed by atoms with Gasteiger partial charge >= 0.3 is 0 Å². The van der Waals surface area contributed by atoms with Gasteiger partial charge in [0.25, 0.3) is 5.56 Å². The Morgan fingerprint density at radius 2 is 1.94 bits per heavy atom. The number of nitriles is 1. The Morgan fingerprint density at radius 3 is 2.56 bits per heavy atom. The fourth-order valence-corrected chi connectivity index (χ4v) is 1.68. The zero-order valence-corrected chi connectivity index (χ0v) is 8.82. The van der Waals surface area contributed by atoms with Gasteiger partial charge in [0.1, 0.15) is 11.6 Å². The van der Waals surface area contributed by atoms with Crippen LogP contribution in [0.1, 0.15) is 11.1 Å². The lowest BCUT2D eigenvalue weighted by Crippen LogP contribution is -2.12. The third-order valence-electron chi connectivity index (χ3n) is 2.55. The average molecular weight is 210 g/mol. The van der Waals surface area contributed by atoms with Crippen LogP contribution in [-0.2, 0) is 0 Å². The van der Waals surface area contributed by atoms with Crippen molar-refractivity contribution in [2.24, 2.45) is 0 Å². The van der Waals surface area contributed by atoms with Gasteiger partial charge in [-0.2, -0.15) is 5.26 Å². The highest BCUT2D eigenvalue weighted by Gasteiger charge is 2.08. The van der Waals surface area contributed by atoms with Crippen LogP contribution < -0.4 is 5.56 Å². The number of rotatable bonds is 1. The van der Waals surface area contributed by atoms with E-state index in [1.807, 2.05) is 36.4 Å². The van der Waals surface area contributed by atoms with Gasteiger partial charge in [-0.1, -0.05) is 30.3 Å². The van der Waals surface area contributed by atoms with E-state index in [2.05, 4.69) is 4.98 Å². The lowest BCUT2D eigenvalue weighted by Gasteiger charge is -2.06. The number of hydrogen-bond donors (Lipinski definition) is 1. The van der Waals surface area contributed by atoms with Crippen molar-refractivity contribution in [1.82, 2.24) is 4.98 Å². The van der Waals surface area contributed by atoms with Gasteiger partial charge in [0, 0.05) is 11.8 Å². The normalized spacial score (nSPS) is 9.75. The zero-order chi connectivity index (χ0) is 11.5. The second-order valence-electron chi connectivity index (χ2n) is 3.51. The van der Waals surface area contributed by atoms with Crippen molar-refractivity contribution < 1.29 is 0 Å². The molecule has 3 heteroatoms. The molecule has 0 aliphatic heterocycles. The van der Waals surface area contributed by atoms with Crippen LogP contribution in [0.2, 0.25) is 0 Å². The summed E-state index contributed by atoms with van der Waals surface area (Å²) in [5.74, 6) is 0. The Labute approximate surface area is 93.0 Å². The number of benzene rings is 1. The van der Waals surface area contributed by atoms with Crippen LogP contribution in [0.4, 0.5) is 0 Å². The number of nitrogens with zero attached hydrogens (tertiary/aromatic N) is 1. The second kappa shape index (κ2) is 4.03. The largest absolute Gasteiger partial charge is 0.327 e. The van der Waals surface area contributed by atoms with E-state index >= 15 is 0 Å². The SMILES string of the molecule is Cc1c(-c2ccccc2)c[nH]c(=O)c1C#N. The first-order valence-electron chi connectivity index (χ1n) is 4.92. The lowest BCUT2D eigenvalue weighted by molar-refractivity contribution is 1.18. The fourth-order valence-electron chi connectivity index (χ4n) is 1.68. The van der Waals surface area contributed by atoms with Crippen LogP contribution in [0, 0.1) is 18.3 Å². The summed E-state index contributed by atoms with van der Waals surface area (Å²) < 4.78 is 0. The van der Waals surface area contributed by atoms with E-state index in [0.717, 1.165) is 16.7 Å². The summed E-state index contributed by atoms with van der Waals surface area (Å²) in [5.41, 5.74) is 2.45. The lowest BCUT2D eigenvalue weighted by atomic mass is 10.00. The molecule has 1 aromatic carbocycles. The molecule has 2 aromatic rings. The van der Waals surface area contributed by atoms with Crippen LogP contribution in [0.5, 0.6) is 0 Å². The van der Waals surface area contributed by atoms with Crippen molar-refractivity contribution in [2.75, 3.05) is 0 Å². The molecule has 78 valence electrons. The molecule has 0 saturated heterocycles. The summed E-state index contributed by atoms with van der Waals surface area (Å²) in [4.78, 5) is 14.0. The van der Waals surface area contributed by atoms with Crippen molar-refractivity contribution in [3.05, 3.63) is 58.0 Å². The Morgan fingerprint density at radius 1 is 1.25 bits per heavy atom. The second-order valence-corrected chi connectivity index (χ2v) is 3.51. The van der Waals surface area contributed by atoms with E-state index in [1.165, 1.54) is 0 Å². The minimum absolute atomic E-state index is 0.182. The highest BCUT2D eigenvalue weighted by atomic mass is 16.1. The van der Waals surface area contributed by atoms with Crippen LogP contribution in [0.15, 0.2) is 41.3 Å². The fraction of sp³-hybridized carbons (Fsp3) is 0.0769. The van der Waals surface area contributed by atoms with E-state index in [0.29, 0.717) is 0 Å². The van der Waals surface area contributed by atoms with Gasteiger partial charge in [0.2, 0.25) is 0 Å². The predicted molar refractivity (Wildman–Crippen MR) is 62.0 cm³/mol. The summed E-state index contributed by atoms with van der Waals surface area (Å²) in [6.07, 6.45) is 1.65. The van der Waals surface area contributed by atoms with Crippen molar-refractivity contribution in [3.8, 4) is 17.2 Å². The van der Waals surface area contributed by atoms with Crippen molar-refractivity contribution >= 4 is 0 Å². The summed E-state index contributed by atoms with van der Waals surface area (Å²) in [5, 5.41) is 8.90. The number of H-pyrrole nitrogens is 1. The predicted octanol–water partition coefficient (Wildman–Crippen LogP) is 2.22. The number of aromatic nitrogens is 1. The first kappa shape index (κ1) is 10.2. The molecule has 0 bridgehead atoms. The molecule has 0 fully saturated rings. The molecular formula is C13H10N2O. The quantitative estimate of drug-likeness (QED) is 0.784. The Kier molecular flexibility index (Phi) is 2.57. The smallest absolute Gasteiger partial charge is 0.266 e. The minimum atomic E-state index is -0.334. The molecule has 3 nitrogen and oxygen atoms in total. The van der Waals surface area contributed by atoms with Gasteiger partial charge in [-0.3, -0.25) is 4.79 Å². The molecule has 1 N–H and O–H groups in total. The van der Waals surface area contributed by atoms with E-state index in [9.17, 15) is 4.79 Å². The molecule has 0 unspecified atom stereocenters. The molecule has 16 heavy (non-hydrogen) atoms. The van der Waals surface area contributed by atoms with E-state index in [1.54, 1.807) is 13.1 Å². The monoisotopic (exact) mass is 210 g/mol. The molecule has 0 aliphatic rings. The van der Waals surface area contributed by atoms with Crippen LogP contribution in [-0.4, -0.2) is 4.98 Å². The van der Waals surface area contributed by atoms with Crippen molar-refractivity contribution in [1.29, 1.82) is 5.26 Å². The molecule has 1 heterocycles. The maximum Gasteiger partial charge on any atom is 0.266 e. The number of hydrogen-bond acceptors (Lipinski definition) is 2. The van der Waals surface area contributed by atoms with Gasteiger partial charge in [-0.25, -0.2) is 0 Å². The van der Waals surface area contributed by atoms with E-state index in [-0.39, 0.29) is 11.1 Å². The Bertz CT molecular complexity index is 606. The highest BCUT2D eigenvalue weighted by molar-refractivity contribution is 5.68. The molecule has 0 spiro atoms. The summed E-state index contributed by atoms with van der Waals surface area (Å²) >= 11 is 0. The first-order chi connectivity index (χ1) is 7.74. The molecule has 1 aromatic heterocycles. The Hall–Kier alpha value is -2.34. The molecule has 2 rings (SSSR count). The maximum absolute atomic E-state index is 11.4. The van der Waals surface area contributed by atoms with Crippen LogP contribution in [0.25, 0.3) is 11.1 Å². The van der Waals surface area contributed by atoms with Gasteiger partial charge in [-0.05, 0) is 18.1 Å². The van der Waals surface area contributed by atoms with Crippen molar-refractivity contribution in [3.63, 3.8) is 0 Å². The van der Waals surface area contributed by atoms with E-state index < -0.39 is 0 Å². The van der Waals surface area contributed by atoms with Gasteiger partial charge < -0.3 is 4.98 Å². The molecule has 0 aliphatic carbocycles. The van der Waals surface area contributed by atoms with Gasteiger partial charge in [0.15, 0.2) is 0 Å². The standard InChI is InChI=1S/C13H10N2O/c1-9-11(7-14)13(16)15-8-12(9)10-5-3-2-4-6-10/h2-6,8H,1H3,(H,15,16). The molecule has 0 saturated carbocycles. The average Bonchev–Trinajstić information content (AvgIpc) is 2.31. The first-order valence-corrected chi connectivity index (χ1v) is 4.92. The van der Waals surface area contributed by atoms with Crippen LogP contribution in [0.3, 0.4) is 0 Å². The summed E-state index contributed by atoms with van der Waals surface area (Å²) in [6.45, 7) is 1.79. The maximum atomic E-state index is 11.4. The Balaban J connectivity index is 2.70. The molecule has 0 amide bonds. The summed E-state index contributed by atoms with van der Waals surface area (Å²) in [6, 6.07) is 11.6. The summed E-state index contributed by atoms with van der Waals surface area (Å²) in [7, 11) is 0. The third-order valence-corrected chi connectivity index (χ3v) is 2.55. The van der Waals surface area contributed by atoms with Crippen LogP contribution >= 0.6 is 0 Å². The third kappa shape index (κ3) is 1.61. The number of aromatic amines is 1. The van der Waals surface area contributed by atoms with Crippen molar-refractivity contribution in [2.45, 2.75) is 6.92 Å². The van der Waals surface area contributed by atoms with Gasteiger partial charge in [0.05, 0.1) is 0 Å². The molecule has 0 radical (unpaired) electrons. The van der Waals surface area contributed by atoms with E-state index in [4.69, 9.17) is 5.26 Å². The molecule has 0 atom stereocenters.